The average molecular weight is 175 g/mol. The maximum Gasteiger partial charge on any atom is 0.216 e. The third-order valence-corrected chi connectivity index (χ3v) is 1.38. The first-order valence-electron chi connectivity index (χ1n) is 3.97. The molecule has 0 aliphatic rings. The Morgan fingerprint density at radius 1 is 1.33 bits per heavy atom. The summed E-state index contributed by atoms with van der Waals surface area (Å²) in [7, 11) is 6.44. The Morgan fingerprint density at radius 2 is 1.83 bits per heavy atom. The molecule has 0 saturated heterocycles. The molecule has 0 spiro atoms. The fourth-order valence-corrected chi connectivity index (χ4v) is 0.818. The van der Waals surface area contributed by atoms with E-state index in [1.807, 2.05) is 0 Å². The van der Waals surface area contributed by atoms with Gasteiger partial charge in [0.25, 0.3) is 0 Å². The number of rotatable bonds is 4. The fourth-order valence-electron chi connectivity index (χ4n) is 0.818. The second-order valence-corrected chi connectivity index (χ2v) is 3.85. The molecule has 0 aliphatic carbocycles. The number of amides is 1. The van der Waals surface area contributed by atoms with E-state index in [0.29, 0.717) is 0 Å². The molecule has 0 aromatic heterocycles. The number of carbonyl (C=O) groups is 1. The van der Waals surface area contributed by atoms with Crippen LogP contribution in [0.5, 0.6) is 0 Å². The van der Waals surface area contributed by atoms with Gasteiger partial charge in [0.1, 0.15) is 0 Å². The largest absolute Gasteiger partial charge is 0.356 e. The summed E-state index contributed by atoms with van der Waals surface area (Å²) >= 11 is 0. The van der Waals surface area contributed by atoms with E-state index < -0.39 is 0 Å². The summed E-state index contributed by atoms with van der Waals surface area (Å²) in [4.78, 5) is 10.5. The molecule has 0 atom stereocenters. The van der Waals surface area contributed by atoms with E-state index in [1.165, 1.54) is 0 Å². The predicted molar refractivity (Wildman–Crippen MR) is 52.9 cm³/mol. The minimum absolute atomic E-state index is 0. The summed E-state index contributed by atoms with van der Waals surface area (Å²) < 4.78 is 0.958. The second kappa shape index (κ2) is 6.00. The zero-order valence-corrected chi connectivity index (χ0v) is 7.98. The summed E-state index contributed by atoms with van der Waals surface area (Å²) in [5.74, 6) is 0.0615. The van der Waals surface area contributed by atoms with E-state index in [4.69, 9.17) is 0 Å². The van der Waals surface area contributed by atoms with Gasteiger partial charge in [0.05, 0.1) is 27.7 Å². The van der Waals surface area contributed by atoms with Crippen LogP contribution in [0, 0.1) is 0 Å². The highest BCUT2D eigenvalue weighted by atomic mass is 16.1. The van der Waals surface area contributed by atoms with Crippen LogP contribution < -0.4 is 5.32 Å². The van der Waals surface area contributed by atoms with Gasteiger partial charge in [-0.2, -0.15) is 0 Å². The molecule has 12 heavy (non-hydrogen) atoms. The topological polar surface area (TPSA) is 29.1 Å². The second-order valence-electron chi connectivity index (χ2n) is 3.85. The van der Waals surface area contributed by atoms with Crippen LogP contribution >= 0.6 is 0 Å². The fraction of sp³-hybridized carbons (Fsp3) is 0.889. The number of quaternary nitrogens is 1. The van der Waals surface area contributed by atoms with Gasteiger partial charge in [0.15, 0.2) is 0 Å². The summed E-state index contributed by atoms with van der Waals surface area (Å²) in [6, 6.07) is 0. The van der Waals surface area contributed by atoms with Gasteiger partial charge in [-0.25, -0.2) is 0 Å². The van der Waals surface area contributed by atoms with Crippen LogP contribution in [0.2, 0.25) is 0 Å². The monoisotopic (exact) mass is 175 g/mol. The standard InChI is InChI=1S/C8H18N2O.CH4/c1-8(11)9-6-5-7-10(2,3)4;/h5-7H2,1-4H3;1H4/p+1. The minimum Gasteiger partial charge on any atom is -0.356 e. The van der Waals surface area contributed by atoms with Crippen molar-refractivity contribution >= 4 is 5.91 Å². The lowest BCUT2D eigenvalue weighted by Crippen LogP contribution is -2.37. The predicted octanol–water partition coefficient (Wildman–Crippen LogP) is 0.855. The lowest BCUT2D eigenvalue weighted by atomic mass is 10.3. The number of hydrogen-bond donors (Lipinski definition) is 1. The smallest absolute Gasteiger partial charge is 0.216 e. The highest BCUT2D eigenvalue weighted by Gasteiger charge is 2.04. The molecule has 74 valence electrons. The van der Waals surface area contributed by atoms with E-state index in [-0.39, 0.29) is 13.3 Å². The van der Waals surface area contributed by atoms with Crippen molar-refractivity contribution in [3.63, 3.8) is 0 Å². The van der Waals surface area contributed by atoms with Crippen molar-refractivity contribution in [3.05, 3.63) is 0 Å². The Labute approximate surface area is 76.3 Å². The van der Waals surface area contributed by atoms with E-state index in [0.717, 1.165) is 24.0 Å². The molecular weight excluding hydrogens is 152 g/mol. The summed E-state index contributed by atoms with van der Waals surface area (Å²) in [6.07, 6.45) is 1.04. The van der Waals surface area contributed by atoms with Crippen molar-refractivity contribution in [2.24, 2.45) is 0 Å². The molecule has 3 nitrogen and oxygen atoms in total. The van der Waals surface area contributed by atoms with Crippen molar-refractivity contribution < 1.29 is 9.28 Å². The van der Waals surface area contributed by atoms with Crippen LogP contribution in [0.1, 0.15) is 20.8 Å². The van der Waals surface area contributed by atoms with Crippen LogP contribution in [0.4, 0.5) is 0 Å². The zero-order chi connectivity index (χ0) is 8.91. The van der Waals surface area contributed by atoms with Crippen LogP contribution in [0.3, 0.4) is 0 Å². The Morgan fingerprint density at radius 3 is 2.17 bits per heavy atom. The molecule has 1 amide bonds. The molecule has 0 fully saturated rings. The molecule has 0 aliphatic heterocycles. The van der Waals surface area contributed by atoms with Crippen molar-refractivity contribution in [2.45, 2.75) is 20.8 Å². The Kier molecular flexibility index (Phi) is 6.99. The molecule has 0 aromatic rings. The van der Waals surface area contributed by atoms with Crippen molar-refractivity contribution in [1.82, 2.24) is 5.32 Å². The first-order chi connectivity index (χ1) is 4.92. The number of nitrogens with one attached hydrogen (secondary N) is 1. The van der Waals surface area contributed by atoms with Gasteiger partial charge in [-0.05, 0) is 0 Å². The van der Waals surface area contributed by atoms with Crippen molar-refractivity contribution in [3.8, 4) is 0 Å². The number of carbonyl (C=O) groups excluding carboxylic acids is 1. The minimum atomic E-state index is 0. The van der Waals surface area contributed by atoms with Crippen LogP contribution in [-0.4, -0.2) is 44.6 Å². The third-order valence-electron chi connectivity index (χ3n) is 1.38. The van der Waals surface area contributed by atoms with Crippen molar-refractivity contribution in [2.75, 3.05) is 34.2 Å². The third kappa shape index (κ3) is 12.1. The van der Waals surface area contributed by atoms with Gasteiger partial charge in [0, 0.05) is 19.9 Å². The number of hydrogen-bond acceptors (Lipinski definition) is 1. The van der Waals surface area contributed by atoms with E-state index in [2.05, 4.69) is 26.5 Å². The van der Waals surface area contributed by atoms with Gasteiger partial charge in [-0.3, -0.25) is 4.79 Å². The molecule has 1 N–H and O–H groups in total. The normalized spacial score (nSPS) is 10.3. The molecule has 0 aromatic carbocycles. The molecule has 0 heterocycles. The van der Waals surface area contributed by atoms with Gasteiger partial charge in [-0.15, -0.1) is 0 Å². The van der Waals surface area contributed by atoms with Gasteiger partial charge in [-0.1, -0.05) is 7.43 Å². The maximum absolute atomic E-state index is 10.5. The molecule has 0 radical (unpaired) electrons. The Hall–Kier alpha value is -0.570. The summed E-state index contributed by atoms with van der Waals surface area (Å²) in [5.41, 5.74) is 0. The molecule has 0 saturated carbocycles. The average Bonchev–Trinajstić information content (AvgIpc) is 1.78. The molecular formula is C9H23N2O+. The Balaban J connectivity index is 0. The Bertz CT molecular complexity index is 127. The van der Waals surface area contributed by atoms with E-state index in [9.17, 15) is 4.79 Å². The number of nitrogens with zero attached hydrogens (tertiary/aromatic N) is 1. The molecule has 0 rings (SSSR count). The summed E-state index contributed by atoms with van der Waals surface area (Å²) in [5, 5.41) is 2.77. The lowest BCUT2D eigenvalue weighted by Gasteiger charge is -2.23. The SMILES string of the molecule is C.CC(=O)NCCC[N+](C)(C)C. The lowest BCUT2D eigenvalue weighted by molar-refractivity contribution is -0.870. The van der Waals surface area contributed by atoms with Crippen LogP contribution in [0.15, 0.2) is 0 Å². The first-order valence-corrected chi connectivity index (χ1v) is 3.97. The van der Waals surface area contributed by atoms with Gasteiger partial charge < -0.3 is 9.80 Å². The summed E-state index contributed by atoms with van der Waals surface area (Å²) in [6.45, 7) is 3.44. The quantitative estimate of drug-likeness (QED) is 0.498. The first kappa shape index (κ1) is 14.0. The molecule has 3 heteroatoms. The van der Waals surface area contributed by atoms with Crippen LogP contribution in [-0.2, 0) is 4.79 Å². The van der Waals surface area contributed by atoms with Gasteiger partial charge in [0.2, 0.25) is 5.91 Å². The van der Waals surface area contributed by atoms with Crippen LogP contribution in [0.25, 0.3) is 0 Å². The molecule has 0 unspecified atom stereocenters. The van der Waals surface area contributed by atoms with E-state index in [1.54, 1.807) is 6.92 Å². The highest BCUT2D eigenvalue weighted by molar-refractivity contribution is 5.72. The molecule has 0 bridgehead atoms. The van der Waals surface area contributed by atoms with Gasteiger partial charge >= 0.3 is 0 Å². The maximum atomic E-state index is 10.5. The van der Waals surface area contributed by atoms with Crippen molar-refractivity contribution in [1.29, 1.82) is 0 Å². The zero-order valence-electron chi connectivity index (χ0n) is 7.98. The van der Waals surface area contributed by atoms with E-state index >= 15 is 0 Å². The highest BCUT2D eigenvalue weighted by Crippen LogP contribution is 1.91.